The third-order valence-corrected chi connectivity index (χ3v) is 7.18. The molecule has 186 valence electrons. The Hall–Kier alpha value is -3.35. The van der Waals surface area contributed by atoms with Crippen molar-refractivity contribution < 1.29 is 24.2 Å². The average Bonchev–Trinajstić information content (AvgIpc) is 3.48. The van der Waals surface area contributed by atoms with Gasteiger partial charge in [-0.05, 0) is 46.9 Å². The number of amides is 2. The summed E-state index contributed by atoms with van der Waals surface area (Å²) in [6.07, 6.45) is 3.73. The normalized spacial score (nSPS) is 16.7. The number of carbonyl (C=O) groups is 3. The number of fused-ring (bicyclic) bond motifs is 3. The molecule has 0 saturated heterocycles. The van der Waals surface area contributed by atoms with E-state index in [9.17, 15) is 19.5 Å². The lowest BCUT2D eigenvalue weighted by Gasteiger charge is -2.24. The van der Waals surface area contributed by atoms with E-state index in [-0.39, 0.29) is 49.2 Å². The highest BCUT2D eigenvalue weighted by Crippen LogP contribution is 2.44. The number of hydrogen-bond donors (Lipinski definition) is 3. The lowest BCUT2D eigenvalue weighted by molar-refractivity contribution is -0.138. The third kappa shape index (κ3) is 6.21. The molecule has 2 atom stereocenters. The fourth-order valence-corrected chi connectivity index (χ4v) is 5.44. The van der Waals surface area contributed by atoms with Gasteiger partial charge in [0.1, 0.15) is 6.61 Å². The van der Waals surface area contributed by atoms with E-state index in [0.717, 1.165) is 36.8 Å². The van der Waals surface area contributed by atoms with Crippen molar-refractivity contribution in [2.24, 2.45) is 11.8 Å². The van der Waals surface area contributed by atoms with Crippen LogP contribution in [0.3, 0.4) is 0 Å². The highest BCUT2D eigenvalue weighted by atomic mass is 16.5. The minimum Gasteiger partial charge on any atom is -0.481 e. The number of aliphatic carboxylic acids is 1. The summed E-state index contributed by atoms with van der Waals surface area (Å²) < 4.78 is 5.55. The number of nitrogens with one attached hydrogen (secondary N) is 2. The summed E-state index contributed by atoms with van der Waals surface area (Å²) in [4.78, 5) is 36.1. The van der Waals surface area contributed by atoms with Crippen molar-refractivity contribution in [1.29, 1.82) is 0 Å². The number of hydrogen-bond acceptors (Lipinski definition) is 4. The van der Waals surface area contributed by atoms with E-state index in [1.165, 1.54) is 11.1 Å². The van der Waals surface area contributed by atoms with Gasteiger partial charge in [0.15, 0.2) is 0 Å². The van der Waals surface area contributed by atoms with E-state index in [1.807, 2.05) is 31.2 Å². The molecule has 0 aromatic heterocycles. The molecule has 7 heteroatoms. The molecule has 0 bridgehead atoms. The second-order valence-corrected chi connectivity index (χ2v) is 9.83. The van der Waals surface area contributed by atoms with Crippen LogP contribution in [0.2, 0.25) is 0 Å². The molecule has 0 aliphatic heterocycles. The van der Waals surface area contributed by atoms with Crippen molar-refractivity contribution >= 4 is 18.0 Å². The van der Waals surface area contributed by atoms with Crippen LogP contribution in [0.15, 0.2) is 48.5 Å². The van der Waals surface area contributed by atoms with E-state index < -0.39 is 12.1 Å². The van der Waals surface area contributed by atoms with Gasteiger partial charge in [0, 0.05) is 24.9 Å². The molecule has 0 spiro atoms. The molecule has 2 unspecified atom stereocenters. The summed E-state index contributed by atoms with van der Waals surface area (Å²) in [5.41, 5.74) is 4.67. The molecule has 2 aliphatic rings. The van der Waals surface area contributed by atoms with Crippen molar-refractivity contribution in [3.8, 4) is 11.1 Å². The second kappa shape index (κ2) is 11.4. The van der Waals surface area contributed by atoms with E-state index in [2.05, 4.69) is 34.9 Å². The monoisotopic (exact) mass is 478 g/mol. The molecule has 2 amide bonds. The fourth-order valence-electron chi connectivity index (χ4n) is 5.44. The van der Waals surface area contributed by atoms with Crippen LogP contribution in [0, 0.1) is 11.8 Å². The fraction of sp³-hybridized carbons (Fsp3) is 0.464. The summed E-state index contributed by atoms with van der Waals surface area (Å²) in [5.74, 6) is -0.955. The number of rotatable bonds is 10. The molecule has 4 rings (SSSR count). The van der Waals surface area contributed by atoms with E-state index >= 15 is 0 Å². The van der Waals surface area contributed by atoms with Gasteiger partial charge in [0.05, 0.1) is 6.42 Å². The maximum Gasteiger partial charge on any atom is 0.407 e. The summed E-state index contributed by atoms with van der Waals surface area (Å²) in [7, 11) is 0. The van der Waals surface area contributed by atoms with Gasteiger partial charge in [-0.15, -0.1) is 0 Å². The van der Waals surface area contributed by atoms with Crippen molar-refractivity contribution in [2.75, 3.05) is 13.2 Å². The van der Waals surface area contributed by atoms with Crippen molar-refractivity contribution in [2.45, 2.75) is 57.4 Å². The Morgan fingerprint density at radius 3 is 2.17 bits per heavy atom. The number of carboxylic acid groups (broad SMARTS) is 1. The van der Waals surface area contributed by atoms with Gasteiger partial charge in [0.2, 0.25) is 5.91 Å². The van der Waals surface area contributed by atoms with Crippen LogP contribution in [-0.4, -0.2) is 42.3 Å². The number of alkyl carbamates (subject to hydrolysis) is 1. The Labute approximate surface area is 206 Å². The molecule has 0 radical (unpaired) electrons. The first-order valence-electron chi connectivity index (χ1n) is 12.5. The van der Waals surface area contributed by atoms with Crippen LogP contribution in [0.25, 0.3) is 11.1 Å². The maximum absolute atomic E-state index is 12.5. The van der Waals surface area contributed by atoms with E-state index in [1.54, 1.807) is 0 Å². The summed E-state index contributed by atoms with van der Waals surface area (Å²) in [5, 5.41) is 14.9. The molecule has 1 saturated carbocycles. The quantitative estimate of drug-likeness (QED) is 0.459. The lowest BCUT2D eigenvalue weighted by atomic mass is 9.94. The molecular formula is C28H34N2O5. The standard InChI is InChI=1S/C28H34N2O5/c1-18(14-26(31)30-25(15-27(32)33)19-8-2-3-9-19)16-29-28(34)35-17-24-22-12-6-4-10-20(22)21-11-5-7-13-23(21)24/h4-7,10-13,18-19,24-25H,2-3,8-9,14-17H2,1H3,(H,29,34)(H,30,31)(H,32,33). The highest BCUT2D eigenvalue weighted by molar-refractivity contribution is 5.79. The van der Waals surface area contributed by atoms with Crippen molar-refractivity contribution in [3.05, 3.63) is 59.7 Å². The van der Waals surface area contributed by atoms with Gasteiger partial charge in [-0.2, -0.15) is 0 Å². The summed E-state index contributed by atoms with van der Waals surface area (Å²) in [6.45, 7) is 2.43. The first kappa shape index (κ1) is 24.8. The van der Waals surface area contributed by atoms with Gasteiger partial charge < -0.3 is 20.5 Å². The van der Waals surface area contributed by atoms with Gasteiger partial charge in [-0.3, -0.25) is 9.59 Å². The molecular weight excluding hydrogens is 444 g/mol. The largest absolute Gasteiger partial charge is 0.481 e. The molecule has 3 N–H and O–H groups in total. The number of ether oxygens (including phenoxy) is 1. The van der Waals surface area contributed by atoms with Crippen LogP contribution in [-0.2, 0) is 14.3 Å². The molecule has 2 aromatic rings. The van der Waals surface area contributed by atoms with Gasteiger partial charge >= 0.3 is 12.1 Å². The van der Waals surface area contributed by atoms with E-state index in [4.69, 9.17) is 4.74 Å². The molecule has 1 fully saturated rings. The minimum atomic E-state index is -0.896. The Morgan fingerprint density at radius 1 is 0.971 bits per heavy atom. The molecule has 2 aliphatic carbocycles. The first-order valence-corrected chi connectivity index (χ1v) is 12.5. The number of carboxylic acids is 1. The van der Waals surface area contributed by atoms with Crippen molar-refractivity contribution in [3.63, 3.8) is 0 Å². The van der Waals surface area contributed by atoms with Crippen LogP contribution in [0.1, 0.15) is 62.5 Å². The molecule has 0 heterocycles. The zero-order valence-electron chi connectivity index (χ0n) is 20.2. The zero-order chi connectivity index (χ0) is 24.8. The smallest absolute Gasteiger partial charge is 0.407 e. The van der Waals surface area contributed by atoms with Crippen LogP contribution >= 0.6 is 0 Å². The minimum absolute atomic E-state index is 0.00175. The maximum atomic E-state index is 12.5. The highest BCUT2D eigenvalue weighted by Gasteiger charge is 2.30. The summed E-state index contributed by atoms with van der Waals surface area (Å²) in [6, 6.07) is 16.0. The summed E-state index contributed by atoms with van der Waals surface area (Å²) >= 11 is 0. The lowest BCUT2D eigenvalue weighted by Crippen LogP contribution is -2.42. The van der Waals surface area contributed by atoms with Gasteiger partial charge in [0.25, 0.3) is 0 Å². The van der Waals surface area contributed by atoms with Crippen LogP contribution < -0.4 is 10.6 Å². The van der Waals surface area contributed by atoms with Crippen LogP contribution in [0.5, 0.6) is 0 Å². The van der Waals surface area contributed by atoms with Crippen molar-refractivity contribution in [1.82, 2.24) is 10.6 Å². The Bertz CT molecular complexity index is 1020. The Morgan fingerprint density at radius 2 is 1.57 bits per heavy atom. The number of carbonyl (C=O) groups excluding carboxylic acids is 2. The topological polar surface area (TPSA) is 105 Å². The molecule has 35 heavy (non-hydrogen) atoms. The Kier molecular flexibility index (Phi) is 8.06. The number of benzene rings is 2. The predicted molar refractivity (Wildman–Crippen MR) is 133 cm³/mol. The van der Waals surface area contributed by atoms with Gasteiger partial charge in [-0.25, -0.2) is 4.79 Å². The predicted octanol–water partition coefficient (Wildman–Crippen LogP) is 4.70. The molecule has 2 aromatic carbocycles. The van der Waals surface area contributed by atoms with E-state index in [0.29, 0.717) is 6.54 Å². The zero-order valence-corrected chi connectivity index (χ0v) is 20.2. The first-order chi connectivity index (χ1) is 16.9. The van der Waals surface area contributed by atoms with Crippen LogP contribution in [0.4, 0.5) is 4.79 Å². The Balaban J connectivity index is 1.23. The third-order valence-electron chi connectivity index (χ3n) is 7.18. The SMILES string of the molecule is CC(CNC(=O)OCC1c2ccccc2-c2ccccc21)CC(=O)NC(CC(=O)O)C1CCCC1. The average molecular weight is 479 g/mol. The van der Waals surface area contributed by atoms with Gasteiger partial charge in [-0.1, -0.05) is 68.3 Å². The molecule has 7 nitrogen and oxygen atoms in total. The second-order valence-electron chi connectivity index (χ2n) is 9.83.